The Morgan fingerprint density at radius 1 is 1.75 bits per heavy atom. The lowest BCUT2D eigenvalue weighted by atomic mass is 10.2. The number of aromatic nitrogens is 2. The van der Waals surface area contributed by atoms with Crippen LogP contribution in [-0.4, -0.2) is 26.7 Å². The Hall–Kier alpha value is -1.43. The van der Waals surface area contributed by atoms with Gasteiger partial charge in [-0.15, -0.1) is 0 Å². The van der Waals surface area contributed by atoms with E-state index in [4.69, 9.17) is 18.0 Å². The van der Waals surface area contributed by atoms with E-state index in [2.05, 4.69) is 10.4 Å². The molecule has 0 spiro atoms. The molecular formula is C10H16N4OS. The highest BCUT2D eigenvalue weighted by molar-refractivity contribution is 7.80. The first-order valence-corrected chi connectivity index (χ1v) is 5.47. The number of aryl methyl sites for hydroxylation is 1. The molecule has 6 heteroatoms. The highest BCUT2D eigenvalue weighted by atomic mass is 32.1. The van der Waals surface area contributed by atoms with E-state index in [-0.39, 0.29) is 11.9 Å². The zero-order chi connectivity index (χ0) is 12.3. The van der Waals surface area contributed by atoms with Gasteiger partial charge in [0.05, 0.1) is 22.8 Å². The largest absolute Gasteiger partial charge is 0.392 e. The summed E-state index contributed by atoms with van der Waals surface area (Å²) in [5.74, 6) is -0.190. The molecule has 1 aromatic heterocycles. The maximum absolute atomic E-state index is 11.9. The second kappa shape index (κ2) is 5.07. The molecule has 1 aromatic rings. The molecule has 1 unspecified atom stereocenters. The number of hydrogen-bond donors (Lipinski definition) is 2. The van der Waals surface area contributed by atoms with Gasteiger partial charge >= 0.3 is 0 Å². The zero-order valence-corrected chi connectivity index (χ0v) is 10.5. The average molecular weight is 240 g/mol. The molecule has 1 rings (SSSR count). The average Bonchev–Trinajstić information content (AvgIpc) is 2.55. The van der Waals surface area contributed by atoms with E-state index in [0.717, 1.165) is 5.69 Å². The third-order valence-electron chi connectivity index (χ3n) is 2.54. The van der Waals surface area contributed by atoms with Crippen LogP contribution in [0.1, 0.15) is 29.4 Å². The van der Waals surface area contributed by atoms with Crippen LogP contribution in [0.5, 0.6) is 0 Å². The molecule has 0 aliphatic carbocycles. The van der Waals surface area contributed by atoms with E-state index in [0.29, 0.717) is 17.0 Å². The van der Waals surface area contributed by atoms with Gasteiger partial charge in [0.15, 0.2) is 0 Å². The van der Waals surface area contributed by atoms with Crippen LogP contribution in [0.4, 0.5) is 0 Å². The van der Waals surface area contributed by atoms with Crippen molar-refractivity contribution in [2.24, 2.45) is 12.8 Å². The normalized spacial score (nSPS) is 12.2. The number of amides is 1. The number of thiocarbonyl (C=S) groups is 1. The molecule has 0 aliphatic heterocycles. The number of carbonyl (C=O) groups excluding carboxylic acids is 1. The number of hydrogen-bond acceptors (Lipinski definition) is 3. The Morgan fingerprint density at radius 2 is 2.38 bits per heavy atom. The summed E-state index contributed by atoms with van der Waals surface area (Å²) in [6, 6.07) is -0.262. The van der Waals surface area contributed by atoms with E-state index in [1.165, 1.54) is 6.20 Å². The van der Waals surface area contributed by atoms with Crippen molar-refractivity contribution < 1.29 is 4.79 Å². The monoisotopic (exact) mass is 240 g/mol. The van der Waals surface area contributed by atoms with E-state index >= 15 is 0 Å². The Bertz CT molecular complexity index is 413. The number of nitrogens with one attached hydrogen (secondary N) is 1. The van der Waals surface area contributed by atoms with Gasteiger partial charge in [0, 0.05) is 12.7 Å². The van der Waals surface area contributed by atoms with E-state index in [1.54, 1.807) is 11.7 Å². The van der Waals surface area contributed by atoms with Crippen LogP contribution < -0.4 is 11.1 Å². The van der Waals surface area contributed by atoms with Gasteiger partial charge in [-0.2, -0.15) is 5.10 Å². The van der Waals surface area contributed by atoms with Gasteiger partial charge in [-0.25, -0.2) is 0 Å². The lowest BCUT2D eigenvalue weighted by Gasteiger charge is -2.14. The Labute approximate surface area is 100 Å². The maximum atomic E-state index is 11.9. The minimum atomic E-state index is -0.262. The summed E-state index contributed by atoms with van der Waals surface area (Å²) in [5.41, 5.74) is 6.88. The summed E-state index contributed by atoms with van der Waals surface area (Å²) < 4.78 is 1.65. The number of nitrogens with two attached hydrogens (primary N) is 1. The molecule has 0 radical (unpaired) electrons. The predicted octanol–water partition coefficient (Wildman–Crippen LogP) is 0.523. The molecule has 0 bridgehead atoms. The maximum Gasteiger partial charge on any atom is 0.255 e. The van der Waals surface area contributed by atoms with Crippen molar-refractivity contribution >= 4 is 23.1 Å². The standard InChI is InChI=1S/C10H16N4OS/c1-4-8(9(11)16)13-10(15)7-5-12-14(3)6(7)2/h5,8H,4H2,1-3H3,(H2,11,16)(H,13,15). The van der Waals surface area contributed by atoms with Gasteiger partial charge in [-0.05, 0) is 13.3 Å². The van der Waals surface area contributed by atoms with Gasteiger partial charge in [-0.1, -0.05) is 19.1 Å². The highest BCUT2D eigenvalue weighted by Gasteiger charge is 2.17. The minimum absolute atomic E-state index is 0.190. The number of carbonyl (C=O) groups is 1. The number of nitrogens with zero attached hydrogens (tertiary/aromatic N) is 2. The van der Waals surface area contributed by atoms with Crippen LogP contribution in [0.15, 0.2) is 6.20 Å². The second-order valence-electron chi connectivity index (χ2n) is 3.60. The summed E-state index contributed by atoms with van der Waals surface area (Å²) in [6.07, 6.45) is 2.22. The van der Waals surface area contributed by atoms with E-state index < -0.39 is 0 Å². The van der Waals surface area contributed by atoms with Crippen molar-refractivity contribution in [1.29, 1.82) is 0 Å². The third-order valence-corrected chi connectivity index (χ3v) is 2.82. The van der Waals surface area contributed by atoms with Crippen molar-refractivity contribution in [3.8, 4) is 0 Å². The topological polar surface area (TPSA) is 72.9 Å². The van der Waals surface area contributed by atoms with Crippen LogP contribution in [0.3, 0.4) is 0 Å². The first kappa shape index (κ1) is 12.6. The molecule has 16 heavy (non-hydrogen) atoms. The van der Waals surface area contributed by atoms with Gasteiger partial charge in [0.2, 0.25) is 0 Å². The summed E-state index contributed by atoms with van der Waals surface area (Å²) in [6.45, 7) is 3.75. The van der Waals surface area contributed by atoms with Crippen molar-refractivity contribution in [1.82, 2.24) is 15.1 Å². The summed E-state index contributed by atoms with van der Waals surface area (Å²) >= 11 is 4.86. The van der Waals surface area contributed by atoms with Crippen LogP contribution in [0.25, 0.3) is 0 Å². The fraction of sp³-hybridized carbons (Fsp3) is 0.500. The molecule has 0 aliphatic rings. The van der Waals surface area contributed by atoms with Crippen LogP contribution >= 0.6 is 12.2 Å². The molecule has 0 saturated carbocycles. The van der Waals surface area contributed by atoms with Gasteiger partial charge in [0.25, 0.3) is 5.91 Å². The quantitative estimate of drug-likeness (QED) is 0.753. The Kier molecular flexibility index (Phi) is 4.00. The minimum Gasteiger partial charge on any atom is -0.392 e. The Balaban J connectivity index is 2.80. The van der Waals surface area contributed by atoms with E-state index in [1.807, 2.05) is 13.8 Å². The fourth-order valence-corrected chi connectivity index (χ4v) is 1.56. The molecule has 5 nitrogen and oxygen atoms in total. The lowest BCUT2D eigenvalue weighted by Crippen LogP contribution is -2.43. The zero-order valence-electron chi connectivity index (χ0n) is 9.65. The van der Waals surface area contributed by atoms with Crippen LogP contribution in [0, 0.1) is 6.92 Å². The number of rotatable bonds is 4. The molecule has 3 N–H and O–H groups in total. The smallest absolute Gasteiger partial charge is 0.255 e. The summed E-state index contributed by atoms with van der Waals surface area (Å²) in [4.78, 5) is 12.2. The summed E-state index contributed by atoms with van der Waals surface area (Å²) in [5, 5.41) is 6.79. The highest BCUT2D eigenvalue weighted by Crippen LogP contribution is 2.06. The molecule has 1 heterocycles. The first-order valence-electron chi connectivity index (χ1n) is 5.06. The molecule has 1 amide bonds. The van der Waals surface area contributed by atoms with Crippen molar-refractivity contribution in [2.75, 3.05) is 0 Å². The molecule has 0 aromatic carbocycles. The SMILES string of the molecule is CCC(NC(=O)c1cnn(C)c1C)C(N)=S. The molecular weight excluding hydrogens is 224 g/mol. The predicted molar refractivity (Wildman–Crippen MR) is 66.3 cm³/mol. The molecule has 0 saturated heterocycles. The van der Waals surface area contributed by atoms with Crippen molar-refractivity contribution in [3.63, 3.8) is 0 Å². The van der Waals surface area contributed by atoms with Gasteiger partial charge < -0.3 is 11.1 Å². The van der Waals surface area contributed by atoms with Gasteiger partial charge in [-0.3, -0.25) is 9.48 Å². The van der Waals surface area contributed by atoms with Crippen molar-refractivity contribution in [2.45, 2.75) is 26.3 Å². The summed E-state index contributed by atoms with van der Waals surface area (Å²) in [7, 11) is 1.79. The molecule has 88 valence electrons. The lowest BCUT2D eigenvalue weighted by molar-refractivity contribution is 0.0945. The molecule has 1 atom stereocenters. The Morgan fingerprint density at radius 3 is 2.75 bits per heavy atom. The van der Waals surface area contributed by atoms with Crippen LogP contribution in [-0.2, 0) is 7.05 Å². The third kappa shape index (κ3) is 2.57. The van der Waals surface area contributed by atoms with Crippen molar-refractivity contribution in [3.05, 3.63) is 17.5 Å². The first-order chi connectivity index (χ1) is 7.47. The van der Waals surface area contributed by atoms with Crippen LogP contribution in [0.2, 0.25) is 0 Å². The molecule has 0 fully saturated rings. The fourth-order valence-electron chi connectivity index (χ4n) is 1.33. The second-order valence-corrected chi connectivity index (χ2v) is 4.08. The van der Waals surface area contributed by atoms with E-state index in [9.17, 15) is 4.79 Å². The van der Waals surface area contributed by atoms with Gasteiger partial charge in [0.1, 0.15) is 0 Å².